The van der Waals surface area contributed by atoms with Crippen molar-refractivity contribution in [3.05, 3.63) is 55.7 Å². The third-order valence-corrected chi connectivity index (χ3v) is 1.11. The summed E-state index contributed by atoms with van der Waals surface area (Å²) in [5, 5.41) is 0. The first-order valence-corrected chi connectivity index (χ1v) is 2.79. The summed E-state index contributed by atoms with van der Waals surface area (Å²) >= 11 is 0. The molecule has 0 fully saturated rings. The van der Waals surface area contributed by atoms with Crippen LogP contribution in [0.3, 0.4) is 0 Å². The van der Waals surface area contributed by atoms with Gasteiger partial charge in [-0.1, -0.05) is 0 Å². The first kappa shape index (κ1) is 18.4. The first-order valence-electron chi connectivity index (χ1n) is 2.79. The van der Waals surface area contributed by atoms with E-state index in [-0.39, 0.29) is 56.6 Å². The van der Waals surface area contributed by atoms with Crippen molar-refractivity contribution in [2.24, 2.45) is 0 Å². The van der Waals surface area contributed by atoms with E-state index in [0.717, 1.165) is 16.7 Å². The van der Waals surface area contributed by atoms with Crippen LogP contribution in [0.4, 0.5) is 0 Å². The van der Waals surface area contributed by atoms with Gasteiger partial charge in [0, 0.05) is 0 Å². The van der Waals surface area contributed by atoms with Crippen molar-refractivity contribution in [2.75, 3.05) is 0 Å². The van der Waals surface area contributed by atoms with Gasteiger partial charge in [0.1, 0.15) is 0 Å². The van der Waals surface area contributed by atoms with E-state index in [4.69, 9.17) is 0 Å². The molecule has 0 heterocycles. The van der Waals surface area contributed by atoms with Gasteiger partial charge in [0.15, 0.2) is 0 Å². The molecule has 0 amide bonds. The molecule has 3 heteroatoms. The van der Waals surface area contributed by atoms with Gasteiger partial charge in [0.2, 0.25) is 0 Å². The molecule has 0 saturated heterocycles. The molecule has 12 heavy (non-hydrogen) atoms. The Hall–Kier alpha value is 0.622. The maximum absolute atomic E-state index is 3.76. The fourth-order valence-electron chi connectivity index (χ4n) is 0.839. The van der Waals surface area contributed by atoms with Gasteiger partial charge in [-0.05, 0) is 0 Å². The quantitative estimate of drug-likeness (QED) is 0.247. The predicted octanol–water partition coefficient (Wildman–Crippen LogP) is -6.75. The van der Waals surface area contributed by atoms with Crippen LogP contribution in [0.25, 0.3) is 0 Å². The van der Waals surface area contributed by atoms with Crippen molar-refractivity contribution in [1.82, 2.24) is 0 Å². The average Bonchev–Trinajstić information content (AvgIpc) is 1.59. The molecule has 0 bridgehead atoms. The molecule has 0 aliphatic rings. The molecule has 0 aliphatic heterocycles. The van der Waals surface area contributed by atoms with Gasteiger partial charge < -0.3 is 0 Å². The van der Waals surface area contributed by atoms with E-state index in [2.05, 4.69) is 20.8 Å². The van der Waals surface area contributed by atoms with E-state index < -0.39 is 0 Å². The molecule has 0 radical (unpaired) electrons. The van der Waals surface area contributed by atoms with E-state index in [1.54, 1.807) is 0 Å². The van der Waals surface area contributed by atoms with Gasteiger partial charge in [-0.15, -0.1) is 0 Å². The molecular formula is C9H9Li3. The van der Waals surface area contributed by atoms with Gasteiger partial charge in [-0.2, -0.15) is 55.7 Å². The third-order valence-electron chi connectivity index (χ3n) is 1.11. The molecule has 48 valence electrons. The molecule has 1 aromatic rings. The summed E-state index contributed by atoms with van der Waals surface area (Å²) < 4.78 is 0. The normalized spacial score (nSPS) is 7.00. The summed E-state index contributed by atoms with van der Waals surface area (Å²) in [4.78, 5) is 0. The number of benzene rings is 1. The standard InChI is InChI=1S/C9H9.3Li/c1-7-4-8(2)6-9(3)5-7;;;/h4-6H,1-3H2;;;/q-3;3*+1. The summed E-state index contributed by atoms with van der Waals surface area (Å²) in [5.41, 5.74) is 2.94. The van der Waals surface area contributed by atoms with E-state index >= 15 is 0 Å². The van der Waals surface area contributed by atoms with Crippen LogP contribution in [-0.2, 0) is 0 Å². The zero-order chi connectivity index (χ0) is 6.85. The van der Waals surface area contributed by atoms with E-state index in [1.165, 1.54) is 0 Å². The maximum Gasteiger partial charge on any atom is 1.00 e. The Morgan fingerprint density at radius 2 is 0.750 bits per heavy atom. The van der Waals surface area contributed by atoms with Gasteiger partial charge in [-0.3, -0.25) is 0 Å². The second-order valence-corrected chi connectivity index (χ2v) is 2.16. The topological polar surface area (TPSA) is 0 Å². The van der Waals surface area contributed by atoms with Crippen molar-refractivity contribution in [3.8, 4) is 0 Å². The number of hydrogen-bond donors (Lipinski definition) is 0. The zero-order valence-electron chi connectivity index (χ0n) is 8.35. The van der Waals surface area contributed by atoms with Crippen LogP contribution in [0.5, 0.6) is 0 Å². The minimum absolute atomic E-state index is 0. The van der Waals surface area contributed by atoms with Crippen LogP contribution in [0, 0.1) is 20.8 Å². The average molecular weight is 138 g/mol. The smallest absolute Gasteiger partial charge is 0.199 e. The van der Waals surface area contributed by atoms with E-state index in [1.807, 2.05) is 18.2 Å². The monoisotopic (exact) mass is 138 g/mol. The summed E-state index contributed by atoms with van der Waals surface area (Å²) in [5.74, 6) is 0. The van der Waals surface area contributed by atoms with Crippen molar-refractivity contribution >= 4 is 0 Å². The van der Waals surface area contributed by atoms with Crippen molar-refractivity contribution in [1.29, 1.82) is 0 Å². The van der Waals surface area contributed by atoms with E-state index in [9.17, 15) is 0 Å². The van der Waals surface area contributed by atoms with Crippen LogP contribution in [0.15, 0.2) is 18.2 Å². The number of hydrogen-bond acceptors (Lipinski definition) is 0. The molecule has 0 N–H and O–H groups in total. The Morgan fingerprint density at radius 3 is 0.917 bits per heavy atom. The molecule has 0 aromatic heterocycles. The van der Waals surface area contributed by atoms with Gasteiger partial charge in [0.25, 0.3) is 0 Å². The van der Waals surface area contributed by atoms with Gasteiger partial charge in [0.05, 0.1) is 0 Å². The number of rotatable bonds is 0. The summed E-state index contributed by atoms with van der Waals surface area (Å²) in [7, 11) is 0. The Kier molecular flexibility index (Phi) is 12.6. The molecule has 0 atom stereocenters. The Balaban J connectivity index is -0.000000270. The second-order valence-electron chi connectivity index (χ2n) is 2.16. The largest absolute Gasteiger partial charge is 1.00 e. The third kappa shape index (κ3) is 6.17. The molecule has 0 spiro atoms. The molecule has 1 rings (SSSR count). The Labute approximate surface area is 111 Å². The fraction of sp³-hybridized carbons (Fsp3) is 0. The minimum atomic E-state index is 0. The second kappa shape index (κ2) is 8.23. The zero-order valence-corrected chi connectivity index (χ0v) is 8.35. The molecule has 0 unspecified atom stereocenters. The molecular weight excluding hydrogens is 129 g/mol. The first-order chi connectivity index (χ1) is 4.18. The van der Waals surface area contributed by atoms with E-state index in [0.29, 0.717) is 0 Å². The van der Waals surface area contributed by atoms with Crippen molar-refractivity contribution < 1.29 is 56.6 Å². The van der Waals surface area contributed by atoms with Crippen molar-refractivity contribution in [2.45, 2.75) is 0 Å². The van der Waals surface area contributed by atoms with Crippen LogP contribution in [0.2, 0.25) is 0 Å². The van der Waals surface area contributed by atoms with Crippen LogP contribution >= 0.6 is 0 Å². The summed E-state index contributed by atoms with van der Waals surface area (Å²) in [6.07, 6.45) is 0. The summed E-state index contributed by atoms with van der Waals surface area (Å²) in [6.45, 7) is 11.3. The molecule has 0 saturated carbocycles. The van der Waals surface area contributed by atoms with Crippen LogP contribution in [-0.4, -0.2) is 0 Å². The van der Waals surface area contributed by atoms with Crippen LogP contribution < -0.4 is 56.6 Å². The summed E-state index contributed by atoms with van der Waals surface area (Å²) in [6, 6.07) is 5.78. The molecule has 0 nitrogen and oxygen atoms in total. The predicted molar refractivity (Wildman–Crippen MR) is 39.8 cm³/mol. The van der Waals surface area contributed by atoms with Crippen molar-refractivity contribution in [3.63, 3.8) is 0 Å². The molecule has 1 aromatic carbocycles. The maximum atomic E-state index is 3.76. The van der Waals surface area contributed by atoms with Gasteiger partial charge >= 0.3 is 56.6 Å². The Bertz CT molecular complexity index is 171. The molecule has 0 aliphatic carbocycles. The van der Waals surface area contributed by atoms with Crippen LogP contribution in [0.1, 0.15) is 16.7 Å². The van der Waals surface area contributed by atoms with Gasteiger partial charge in [-0.25, -0.2) is 0 Å². The minimum Gasteiger partial charge on any atom is -0.199 e. The fourth-order valence-corrected chi connectivity index (χ4v) is 0.839. The SMILES string of the molecule is [CH2-]c1cc([CH2-])cc([CH2-])c1.[Li+].[Li+].[Li+]. The Morgan fingerprint density at radius 1 is 0.583 bits per heavy atom.